The zero-order valence-electron chi connectivity index (χ0n) is 23.4. The Morgan fingerprint density at radius 2 is 1.71 bits per heavy atom. The first-order chi connectivity index (χ1) is 17.8. The number of carbonyl (C=O) groups is 3. The quantitative estimate of drug-likeness (QED) is 0.332. The van der Waals surface area contributed by atoms with E-state index in [1.165, 1.54) is 4.90 Å². The third-order valence-electron chi connectivity index (χ3n) is 6.27. The zero-order chi connectivity index (χ0) is 28.6. The molecule has 0 fully saturated rings. The monoisotopic (exact) mass is 541 g/mol. The van der Waals surface area contributed by atoms with Gasteiger partial charge in [0, 0.05) is 6.54 Å². The molecule has 206 valence electrons. The maximum absolute atomic E-state index is 14.2. The summed E-state index contributed by atoms with van der Waals surface area (Å²) in [5, 5.41) is 6.09. The molecule has 0 bridgehead atoms. The number of benzene rings is 2. The normalized spacial score (nSPS) is 13.6. The number of aryl methyl sites for hydroxylation is 2. The van der Waals surface area contributed by atoms with Crippen LogP contribution in [0.15, 0.2) is 55.1 Å². The lowest BCUT2D eigenvalue weighted by molar-refractivity contribution is -0.141. The Hall–Kier alpha value is -3.32. The summed E-state index contributed by atoms with van der Waals surface area (Å²) in [5.41, 5.74) is 2.04. The van der Waals surface area contributed by atoms with Crippen LogP contribution in [0.2, 0.25) is 5.02 Å². The van der Waals surface area contributed by atoms with E-state index in [0.717, 1.165) is 11.1 Å². The standard InChI is InChI=1S/C30H40ClN3O4/c1-9-18-34(28(36)25(19(3)10-2)33-29(37)38-30(6,7)8)26(22-16-12-11-14-20(22)4)27(35)32-24-21(5)15-13-17-23(24)31/h9,11-17,19,25-26H,1,10,18H2,2-8H3,(H,32,35)(H,33,37). The van der Waals surface area contributed by atoms with Crippen LogP contribution in [0, 0.1) is 19.8 Å². The van der Waals surface area contributed by atoms with E-state index < -0.39 is 35.6 Å². The number of hydrogen-bond acceptors (Lipinski definition) is 4. The lowest BCUT2D eigenvalue weighted by Gasteiger charge is -2.36. The SMILES string of the molecule is C=CCN(C(=O)C(NC(=O)OC(C)(C)C)C(C)CC)C(C(=O)Nc1c(C)cccc1Cl)c1ccccc1C. The molecule has 8 heteroatoms. The van der Waals surface area contributed by atoms with E-state index in [9.17, 15) is 14.4 Å². The molecule has 2 N–H and O–H groups in total. The van der Waals surface area contributed by atoms with E-state index >= 15 is 0 Å². The van der Waals surface area contributed by atoms with Crippen molar-refractivity contribution in [2.24, 2.45) is 5.92 Å². The van der Waals surface area contributed by atoms with Crippen molar-refractivity contribution >= 4 is 35.2 Å². The van der Waals surface area contributed by atoms with Crippen LogP contribution in [0.25, 0.3) is 0 Å². The van der Waals surface area contributed by atoms with Gasteiger partial charge in [0.2, 0.25) is 5.91 Å². The van der Waals surface area contributed by atoms with Gasteiger partial charge in [-0.05, 0) is 63.3 Å². The molecule has 2 aromatic carbocycles. The van der Waals surface area contributed by atoms with Crippen LogP contribution in [-0.2, 0) is 14.3 Å². The molecule has 0 spiro atoms. The van der Waals surface area contributed by atoms with Crippen LogP contribution >= 0.6 is 11.6 Å². The Morgan fingerprint density at radius 1 is 1.08 bits per heavy atom. The summed E-state index contributed by atoms with van der Waals surface area (Å²) >= 11 is 6.41. The van der Waals surface area contributed by atoms with E-state index in [2.05, 4.69) is 17.2 Å². The van der Waals surface area contributed by atoms with Gasteiger partial charge < -0.3 is 20.3 Å². The highest BCUT2D eigenvalue weighted by atomic mass is 35.5. The van der Waals surface area contributed by atoms with Gasteiger partial charge in [-0.15, -0.1) is 6.58 Å². The van der Waals surface area contributed by atoms with Crippen molar-refractivity contribution in [1.82, 2.24) is 10.2 Å². The van der Waals surface area contributed by atoms with E-state index in [4.69, 9.17) is 16.3 Å². The highest BCUT2D eigenvalue weighted by molar-refractivity contribution is 6.34. The smallest absolute Gasteiger partial charge is 0.408 e. The number of ether oxygens (including phenoxy) is 1. The number of halogens is 1. The summed E-state index contributed by atoms with van der Waals surface area (Å²) in [6.07, 6.45) is 1.49. The first kappa shape index (κ1) is 30.9. The second kappa shape index (κ2) is 13.5. The summed E-state index contributed by atoms with van der Waals surface area (Å²) in [6.45, 7) is 16.7. The second-order valence-electron chi connectivity index (χ2n) is 10.5. The number of alkyl carbamates (subject to hydrolysis) is 1. The Morgan fingerprint density at radius 3 is 2.26 bits per heavy atom. The van der Waals surface area contributed by atoms with Gasteiger partial charge in [-0.3, -0.25) is 9.59 Å². The molecule has 2 rings (SSSR count). The van der Waals surface area contributed by atoms with Crippen LogP contribution in [0.3, 0.4) is 0 Å². The molecule has 38 heavy (non-hydrogen) atoms. The lowest BCUT2D eigenvalue weighted by Crippen LogP contribution is -2.54. The molecule has 3 unspecified atom stereocenters. The third-order valence-corrected chi connectivity index (χ3v) is 6.59. The number of carbonyl (C=O) groups excluding carboxylic acids is 3. The highest BCUT2D eigenvalue weighted by Crippen LogP contribution is 2.31. The van der Waals surface area contributed by atoms with Crippen molar-refractivity contribution in [1.29, 1.82) is 0 Å². The summed E-state index contributed by atoms with van der Waals surface area (Å²) < 4.78 is 5.43. The summed E-state index contributed by atoms with van der Waals surface area (Å²) in [6, 6.07) is 10.8. The van der Waals surface area contributed by atoms with Crippen molar-refractivity contribution in [3.05, 3.63) is 76.8 Å². The summed E-state index contributed by atoms with van der Waals surface area (Å²) in [4.78, 5) is 42.3. The summed E-state index contributed by atoms with van der Waals surface area (Å²) in [7, 11) is 0. The number of para-hydroxylation sites is 1. The minimum absolute atomic E-state index is 0.0791. The molecule has 0 saturated carbocycles. The Labute approximate surface area is 231 Å². The van der Waals surface area contributed by atoms with Crippen molar-refractivity contribution in [3.63, 3.8) is 0 Å². The Balaban J connectivity index is 2.58. The molecule has 3 atom stereocenters. The molecule has 0 heterocycles. The molecule has 0 aliphatic heterocycles. The molecule has 3 amide bonds. The largest absolute Gasteiger partial charge is 0.444 e. The number of anilines is 1. The number of amides is 3. The average Bonchev–Trinajstić information content (AvgIpc) is 2.83. The van der Waals surface area contributed by atoms with Crippen LogP contribution in [-0.4, -0.2) is 41.0 Å². The minimum Gasteiger partial charge on any atom is -0.444 e. The van der Waals surface area contributed by atoms with Gasteiger partial charge in [0.1, 0.15) is 17.7 Å². The second-order valence-corrected chi connectivity index (χ2v) is 10.9. The molecule has 0 aliphatic rings. The van der Waals surface area contributed by atoms with Crippen molar-refractivity contribution in [2.45, 2.75) is 72.6 Å². The minimum atomic E-state index is -1.01. The molecule has 7 nitrogen and oxygen atoms in total. The molecule has 0 saturated heterocycles. The van der Waals surface area contributed by atoms with Crippen LogP contribution < -0.4 is 10.6 Å². The lowest BCUT2D eigenvalue weighted by atomic mass is 9.94. The first-order valence-electron chi connectivity index (χ1n) is 12.8. The van der Waals surface area contributed by atoms with Gasteiger partial charge >= 0.3 is 6.09 Å². The zero-order valence-corrected chi connectivity index (χ0v) is 24.2. The molecule has 0 radical (unpaired) electrons. The molecule has 2 aromatic rings. The maximum atomic E-state index is 14.2. The van der Waals surface area contributed by atoms with Gasteiger partial charge in [0.25, 0.3) is 5.91 Å². The maximum Gasteiger partial charge on any atom is 0.408 e. The molecular weight excluding hydrogens is 502 g/mol. The first-order valence-corrected chi connectivity index (χ1v) is 13.2. The fourth-order valence-corrected chi connectivity index (χ4v) is 4.35. The predicted molar refractivity (Wildman–Crippen MR) is 153 cm³/mol. The Kier molecular flexibility index (Phi) is 11.0. The number of nitrogens with zero attached hydrogens (tertiary/aromatic N) is 1. The van der Waals surface area contributed by atoms with Gasteiger partial charge in [-0.25, -0.2) is 4.79 Å². The topological polar surface area (TPSA) is 87.7 Å². The number of hydrogen-bond donors (Lipinski definition) is 2. The average molecular weight is 542 g/mol. The fourth-order valence-electron chi connectivity index (χ4n) is 4.08. The van der Waals surface area contributed by atoms with Gasteiger partial charge in [0.05, 0.1) is 10.7 Å². The number of rotatable bonds is 10. The van der Waals surface area contributed by atoms with E-state index in [-0.39, 0.29) is 12.5 Å². The molecule has 0 aromatic heterocycles. The van der Waals surface area contributed by atoms with Crippen LogP contribution in [0.5, 0.6) is 0 Å². The number of nitrogens with one attached hydrogen (secondary N) is 2. The van der Waals surface area contributed by atoms with E-state index in [1.54, 1.807) is 39.0 Å². The van der Waals surface area contributed by atoms with E-state index in [1.807, 2.05) is 58.0 Å². The van der Waals surface area contributed by atoms with E-state index in [0.29, 0.717) is 22.7 Å². The predicted octanol–water partition coefficient (Wildman–Crippen LogP) is 6.59. The fraction of sp³-hybridized carbons (Fsp3) is 0.433. The van der Waals surface area contributed by atoms with Crippen LogP contribution in [0.1, 0.15) is 63.8 Å². The van der Waals surface area contributed by atoms with Gasteiger partial charge in [-0.2, -0.15) is 0 Å². The molecular formula is C30H40ClN3O4. The molecule has 0 aliphatic carbocycles. The van der Waals surface area contributed by atoms with Gasteiger partial charge in [-0.1, -0.05) is 74.3 Å². The van der Waals surface area contributed by atoms with Gasteiger partial charge in [0.15, 0.2) is 0 Å². The van der Waals surface area contributed by atoms with Crippen molar-refractivity contribution < 1.29 is 19.1 Å². The van der Waals surface area contributed by atoms with Crippen molar-refractivity contribution in [3.8, 4) is 0 Å². The Bertz CT molecular complexity index is 1140. The van der Waals surface area contributed by atoms with Crippen molar-refractivity contribution in [2.75, 3.05) is 11.9 Å². The summed E-state index contributed by atoms with van der Waals surface area (Å²) in [5.74, 6) is -1.07. The highest BCUT2D eigenvalue weighted by Gasteiger charge is 2.38. The third kappa shape index (κ3) is 8.09. The van der Waals surface area contributed by atoms with Crippen LogP contribution in [0.4, 0.5) is 10.5 Å².